The molecule has 2 nitrogen and oxygen atoms in total. The Balaban J connectivity index is 2.77. The molecule has 1 rings (SSSR count). The summed E-state index contributed by atoms with van der Waals surface area (Å²) in [5, 5.41) is 3.34. The third kappa shape index (κ3) is 3.50. The van der Waals surface area contributed by atoms with Crippen molar-refractivity contribution in [2.75, 3.05) is 5.32 Å². The number of benzene rings is 1. The van der Waals surface area contributed by atoms with Gasteiger partial charge in [-0.25, -0.2) is 0 Å². The van der Waals surface area contributed by atoms with Crippen LogP contribution in [-0.4, -0.2) is 10.7 Å². The van der Waals surface area contributed by atoms with Crippen LogP contribution in [0.1, 0.15) is 18.9 Å². The van der Waals surface area contributed by atoms with Gasteiger partial charge in [0, 0.05) is 0 Å². The first-order valence-corrected chi connectivity index (χ1v) is 6.05. The van der Waals surface area contributed by atoms with Crippen LogP contribution in [0.2, 0.25) is 5.02 Å². The molecular formula is C11H13BrClNO. The molecule has 0 fully saturated rings. The molecule has 0 spiro atoms. The van der Waals surface area contributed by atoms with Crippen LogP contribution in [0, 0.1) is 6.92 Å². The lowest BCUT2D eigenvalue weighted by Gasteiger charge is -2.10. The van der Waals surface area contributed by atoms with Crippen LogP contribution in [0.3, 0.4) is 0 Å². The summed E-state index contributed by atoms with van der Waals surface area (Å²) in [6.07, 6.45) is 0.745. The first-order valence-electron chi connectivity index (χ1n) is 4.75. The molecule has 0 saturated heterocycles. The van der Waals surface area contributed by atoms with Crippen LogP contribution in [0.25, 0.3) is 0 Å². The zero-order chi connectivity index (χ0) is 11.4. The maximum atomic E-state index is 11.6. The van der Waals surface area contributed by atoms with Gasteiger partial charge in [0.1, 0.15) is 0 Å². The maximum Gasteiger partial charge on any atom is 0.238 e. The number of carbonyl (C=O) groups is 1. The molecule has 0 aromatic heterocycles. The fourth-order valence-electron chi connectivity index (χ4n) is 1.12. The lowest BCUT2D eigenvalue weighted by Crippen LogP contribution is -2.22. The molecular weight excluding hydrogens is 277 g/mol. The van der Waals surface area contributed by atoms with E-state index in [0.717, 1.165) is 12.0 Å². The van der Waals surface area contributed by atoms with Gasteiger partial charge in [0.2, 0.25) is 5.91 Å². The summed E-state index contributed by atoms with van der Waals surface area (Å²) >= 11 is 9.28. The van der Waals surface area contributed by atoms with Crippen molar-refractivity contribution in [3.63, 3.8) is 0 Å². The maximum absolute atomic E-state index is 11.6. The molecule has 1 N–H and O–H groups in total. The number of aryl methyl sites for hydroxylation is 1. The van der Waals surface area contributed by atoms with Crippen molar-refractivity contribution in [2.24, 2.45) is 0 Å². The fraction of sp³-hybridized carbons (Fsp3) is 0.364. The number of hydrogen-bond donors (Lipinski definition) is 1. The van der Waals surface area contributed by atoms with Gasteiger partial charge in [-0.05, 0) is 31.0 Å². The first kappa shape index (κ1) is 12.5. The second-order valence-electron chi connectivity index (χ2n) is 3.35. The number of rotatable bonds is 3. The Morgan fingerprint density at radius 3 is 2.80 bits per heavy atom. The van der Waals surface area contributed by atoms with Gasteiger partial charge in [0.15, 0.2) is 0 Å². The number of anilines is 1. The molecule has 0 heterocycles. The molecule has 82 valence electrons. The Kier molecular flexibility index (Phi) is 4.61. The van der Waals surface area contributed by atoms with E-state index in [9.17, 15) is 4.79 Å². The highest BCUT2D eigenvalue weighted by Crippen LogP contribution is 2.23. The average Bonchev–Trinajstić information content (AvgIpc) is 2.20. The van der Waals surface area contributed by atoms with Crippen molar-refractivity contribution in [3.8, 4) is 0 Å². The van der Waals surface area contributed by atoms with Gasteiger partial charge in [-0.2, -0.15) is 0 Å². The van der Waals surface area contributed by atoms with Crippen molar-refractivity contribution in [3.05, 3.63) is 28.8 Å². The van der Waals surface area contributed by atoms with E-state index in [0.29, 0.717) is 10.7 Å². The number of alkyl halides is 1. The molecule has 1 aromatic rings. The molecule has 1 aromatic carbocycles. The molecule has 1 amide bonds. The third-order valence-corrected chi connectivity index (χ3v) is 3.40. The number of hydrogen-bond acceptors (Lipinski definition) is 1. The Hall–Kier alpha value is -0.540. The van der Waals surface area contributed by atoms with Crippen LogP contribution in [-0.2, 0) is 4.79 Å². The number of nitrogens with one attached hydrogen (secondary N) is 1. The number of amides is 1. The molecule has 0 aliphatic heterocycles. The fourth-order valence-corrected chi connectivity index (χ4v) is 1.51. The average molecular weight is 291 g/mol. The largest absolute Gasteiger partial charge is 0.324 e. The minimum absolute atomic E-state index is 0.0664. The molecule has 0 radical (unpaired) electrons. The van der Waals surface area contributed by atoms with Crippen molar-refractivity contribution in [2.45, 2.75) is 25.1 Å². The number of carbonyl (C=O) groups excluding carboxylic acids is 1. The Bertz CT molecular complexity index is 368. The van der Waals surface area contributed by atoms with Gasteiger partial charge in [-0.1, -0.05) is 40.5 Å². The van der Waals surface area contributed by atoms with Crippen molar-refractivity contribution < 1.29 is 4.79 Å². The van der Waals surface area contributed by atoms with Crippen LogP contribution >= 0.6 is 27.5 Å². The van der Waals surface area contributed by atoms with Crippen LogP contribution in [0.15, 0.2) is 18.2 Å². The summed E-state index contributed by atoms with van der Waals surface area (Å²) in [6, 6.07) is 5.55. The lowest BCUT2D eigenvalue weighted by molar-refractivity contribution is -0.115. The highest BCUT2D eigenvalue weighted by atomic mass is 79.9. The lowest BCUT2D eigenvalue weighted by atomic mass is 10.2. The molecule has 4 heteroatoms. The van der Waals surface area contributed by atoms with Gasteiger partial charge >= 0.3 is 0 Å². The van der Waals surface area contributed by atoms with Crippen molar-refractivity contribution >= 4 is 39.1 Å². The van der Waals surface area contributed by atoms with Crippen LogP contribution in [0.4, 0.5) is 5.69 Å². The zero-order valence-corrected chi connectivity index (χ0v) is 11.0. The van der Waals surface area contributed by atoms with E-state index >= 15 is 0 Å². The molecule has 15 heavy (non-hydrogen) atoms. The normalized spacial score (nSPS) is 12.3. The van der Waals surface area contributed by atoms with Gasteiger partial charge in [0.25, 0.3) is 0 Å². The van der Waals surface area contributed by atoms with E-state index in [1.807, 2.05) is 32.0 Å². The molecule has 1 atom stereocenters. The van der Waals surface area contributed by atoms with Crippen molar-refractivity contribution in [1.82, 2.24) is 0 Å². The van der Waals surface area contributed by atoms with Crippen LogP contribution in [0.5, 0.6) is 0 Å². The SMILES string of the molecule is CCC(Br)C(=O)Nc1ccc(C)cc1Cl. The predicted octanol–water partition coefficient (Wildman–Crippen LogP) is 3.76. The summed E-state index contributed by atoms with van der Waals surface area (Å²) in [4.78, 5) is 11.4. The quantitative estimate of drug-likeness (QED) is 0.844. The monoisotopic (exact) mass is 289 g/mol. The van der Waals surface area contributed by atoms with E-state index in [1.54, 1.807) is 0 Å². The Morgan fingerprint density at radius 1 is 1.60 bits per heavy atom. The predicted molar refractivity (Wildman–Crippen MR) is 67.8 cm³/mol. The van der Waals surface area contributed by atoms with E-state index in [4.69, 9.17) is 11.6 Å². The van der Waals surface area contributed by atoms with E-state index < -0.39 is 0 Å². The molecule has 0 aliphatic carbocycles. The summed E-state index contributed by atoms with van der Waals surface area (Å²) in [6.45, 7) is 3.90. The van der Waals surface area contributed by atoms with E-state index in [2.05, 4.69) is 21.2 Å². The van der Waals surface area contributed by atoms with Gasteiger partial charge in [-0.15, -0.1) is 0 Å². The zero-order valence-electron chi connectivity index (χ0n) is 8.68. The third-order valence-electron chi connectivity index (χ3n) is 2.03. The van der Waals surface area contributed by atoms with E-state index in [1.165, 1.54) is 0 Å². The van der Waals surface area contributed by atoms with Crippen molar-refractivity contribution in [1.29, 1.82) is 0 Å². The minimum atomic E-state index is -0.171. The Morgan fingerprint density at radius 2 is 2.27 bits per heavy atom. The smallest absolute Gasteiger partial charge is 0.238 e. The first-order chi connectivity index (χ1) is 7.04. The van der Waals surface area contributed by atoms with Gasteiger partial charge < -0.3 is 5.32 Å². The topological polar surface area (TPSA) is 29.1 Å². The Labute approximate surface area is 103 Å². The molecule has 0 aliphatic rings. The second kappa shape index (κ2) is 5.52. The highest BCUT2D eigenvalue weighted by Gasteiger charge is 2.13. The summed E-state index contributed by atoms with van der Waals surface area (Å²) < 4.78 is 0. The van der Waals surface area contributed by atoms with Gasteiger partial charge in [-0.3, -0.25) is 4.79 Å². The van der Waals surface area contributed by atoms with Gasteiger partial charge in [0.05, 0.1) is 15.5 Å². The molecule has 0 saturated carbocycles. The summed E-state index contributed by atoms with van der Waals surface area (Å²) in [5.74, 6) is -0.0664. The minimum Gasteiger partial charge on any atom is -0.324 e. The van der Waals surface area contributed by atoms with E-state index in [-0.39, 0.29) is 10.7 Å². The summed E-state index contributed by atoms with van der Waals surface area (Å²) in [5.41, 5.74) is 1.73. The molecule has 0 bridgehead atoms. The second-order valence-corrected chi connectivity index (χ2v) is 4.86. The standard InChI is InChI=1S/C11H13BrClNO/c1-3-8(12)11(15)14-10-5-4-7(2)6-9(10)13/h4-6,8H,3H2,1-2H3,(H,14,15). The van der Waals surface area contributed by atoms with Crippen LogP contribution < -0.4 is 5.32 Å². The summed E-state index contributed by atoms with van der Waals surface area (Å²) in [7, 11) is 0. The highest BCUT2D eigenvalue weighted by molar-refractivity contribution is 9.10. The molecule has 1 unspecified atom stereocenters. The number of halogens is 2.